The molecule has 0 amide bonds. The third-order valence-electron chi connectivity index (χ3n) is 4.83. The highest BCUT2D eigenvalue weighted by Gasteiger charge is 2.19. The second-order valence-corrected chi connectivity index (χ2v) is 6.38. The molecule has 112 valence electrons. The van der Waals surface area contributed by atoms with Crippen LogP contribution in [0.5, 0.6) is 0 Å². The molecule has 0 bridgehead atoms. The summed E-state index contributed by atoms with van der Waals surface area (Å²) < 4.78 is 5.27. The molecule has 0 spiro atoms. The van der Waals surface area contributed by atoms with Crippen molar-refractivity contribution in [3.63, 3.8) is 0 Å². The predicted octanol–water partition coefficient (Wildman–Crippen LogP) is 2.66. The molecule has 1 N–H and O–H groups in total. The van der Waals surface area contributed by atoms with Gasteiger partial charge in [-0.2, -0.15) is 0 Å². The Kier molecular flexibility index (Phi) is 7.18. The highest BCUT2D eigenvalue weighted by molar-refractivity contribution is 4.78. The van der Waals surface area contributed by atoms with Crippen molar-refractivity contribution in [1.29, 1.82) is 0 Å². The van der Waals surface area contributed by atoms with Gasteiger partial charge < -0.3 is 10.1 Å². The minimum Gasteiger partial charge on any atom is -0.383 e. The number of methoxy groups -OCH3 is 1. The number of nitrogens with zero attached hydrogens (tertiary/aromatic N) is 1. The number of ether oxygens (including phenoxy) is 1. The van der Waals surface area contributed by atoms with Gasteiger partial charge in [-0.1, -0.05) is 32.1 Å². The number of hydrogen-bond acceptors (Lipinski definition) is 3. The summed E-state index contributed by atoms with van der Waals surface area (Å²) in [5, 5.41) is 3.62. The van der Waals surface area contributed by atoms with Crippen LogP contribution in [-0.4, -0.2) is 50.8 Å². The van der Waals surface area contributed by atoms with Crippen LogP contribution in [0.25, 0.3) is 0 Å². The Bertz CT molecular complexity index is 223. The molecular formula is C16H32N2O. The van der Waals surface area contributed by atoms with Gasteiger partial charge in [-0.15, -0.1) is 0 Å². The van der Waals surface area contributed by atoms with Gasteiger partial charge >= 0.3 is 0 Å². The van der Waals surface area contributed by atoms with E-state index in [-0.39, 0.29) is 0 Å². The SMILES string of the molecule is COCCN(CCC1CCCCC1)CC1CCCN1. The molecule has 1 saturated carbocycles. The summed E-state index contributed by atoms with van der Waals surface area (Å²) in [5.74, 6) is 0.996. The maximum absolute atomic E-state index is 5.27. The lowest BCUT2D eigenvalue weighted by molar-refractivity contribution is 0.135. The molecule has 0 aromatic heterocycles. The van der Waals surface area contributed by atoms with Gasteiger partial charge in [0.15, 0.2) is 0 Å². The average Bonchev–Trinajstić information content (AvgIpc) is 2.96. The molecule has 3 nitrogen and oxygen atoms in total. The van der Waals surface area contributed by atoms with Gasteiger partial charge in [0.25, 0.3) is 0 Å². The van der Waals surface area contributed by atoms with Crippen LogP contribution in [0, 0.1) is 5.92 Å². The molecule has 0 radical (unpaired) electrons. The van der Waals surface area contributed by atoms with Crippen LogP contribution in [0.3, 0.4) is 0 Å². The normalized spacial score (nSPS) is 25.3. The van der Waals surface area contributed by atoms with Gasteiger partial charge in [-0.3, -0.25) is 4.90 Å². The first-order valence-corrected chi connectivity index (χ1v) is 8.33. The lowest BCUT2D eigenvalue weighted by Crippen LogP contribution is -2.40. The van der Waals surface area contributed by atoms with E-state index in [9.17, 15) is 0 Å². The first-order valence-electron chi connectivity index (χ1n) is 8.33. The molecule has 0 aromatic rings. The first-order chi connectivity index (χ1) is 9.38. The van der Waals surface area contributed by atoms with E-state index in [1.165, 1.54) is 71.0 Å². The largest absolute Gasteiger partial charge is 0.383 e. The number of rotatable bonds is 8. The van der Waals surface area contributed by atoms with Gasteiger partial charge in [0, 0.05) is 26.2 Å². The highest BCUT2D eigenvalue weighted by atomic mass is 16.5. The van der Waals surface area contributed by atoms with E-state index in [1.807, 2.05) is 7.11 Å². The summed E-state index contributed by atoms with van der Waals surface area (Å²) in [6, 6.07) is 0.725. The number of nitrogens with one attached hydrogen (secondary N) is 1. The molecule has 1 aliphatic heterocycles. The van der Waals surface area contributed by atoms with Crippen molar-refractivity contribution in [2.75, 3.05) is 39.9 Å². The number of hydrogen-bond donors (Lipinski definition) is 1. The maximum Gasteiger partial charge on any atom is 0.0589 e. The van der Waals surface area contributed by atoms with Crippen molar-refractivity contribution in [3.05, 3.63) is 0 Å². The van der Waals surface area contributed by atoms with Gasteiger partial charge in [0.2, 0.25) is 0 Å². The predicted molar refractivity (Wildman–Crippen MR) is 80.5 cm³/mol. The van der Waals surface area contributed by atoms with Crippen LogP contribution in [0.2, 0.25) is 0 Å². The molecule has 1 atom stereocenters. The molecule has 3 heteroatoms. The van der Waals surface area contributed by atoms with Gasteiger partial charge in [0.05, 0.1) is 6.61 Å². The van der Waals surface area contributed by atoms with E-state index in [2.05, 4.69) is 10.2 Å². The van der Waals surface area contributed by atoms with E-state index in [0.29, 0.717) is 0 Å². The van der Waals surface area contributed by atoms with Gasteiger partial charge in [-0.25, -0.2) is 0 Å². The monoisotopic (exact) mass is 268 g/mol. The third kappa shape index (κ3) is 5.80. The standard InChI is InChI=1S/C16H32N2O/c1-19-13-12-18(14-16-8-5-10-17-16)11-9-15-6-3-2-4-7-15/h15-17H,2-14H2,1H3. The van der Waals surface area contributed by atoms with Crippen molar-refractivity contribution in [1.82, 2.24) is 10.2 Å². The Labute approximate surface area is 119 Å². The van der Waals surface area contributed by atoms with E-state index < -0.39 is 0 Å². The maximum atomic E-state index is 5.27. The Hall–Kier alpha value is -0.120. The third-order valence-corrected chi connectivity index (χ3v) is 4.83. The van der Waals surface area contributed by atoms with Gasteiger partial charge in [0.1, 0.15) is 0 Å². The fourth-order valence-electron chi connectivity index (χ4n) is 3.58. The molecular weight excluding hydrogens is 236 g/mol. The van der Waals surface area contributed by atoms with Crippen molar-refractivity contribution in [2.24, 2.45) is 5.92 Å². The fraction of sp³-hybridized carbons (Fsp3) is 1.00. The molecule has 2 rings (SSSR count). The van der Waals surface area contributed by atoms with Crippen molar-refractivity contribution >= 4 is 0 Å². The van der Waals surface area contributed by atoms with Crippen LogP contribution in [-0.2, 0) is 4.74 Å². The molecule has 1 heterocycles. The topological polar surface area (TPSA) is 24.5 Å². The van der Waals surface area contributed by atoms with E-state index in [1.54, 1.807) is 0 Å². The molecule has 1 saturated heterocycles. The van der Waals surface area contributed by atoms with E-state index in [0.717, 1.165) is 25.1 Å². The fourth-order valence-corrected chi connectivity index (χ4v) is 3.58. The van der Waals surface area contributed by atoms with Gasteiger partial charge in [-0.05, 0) is 38.3 Å². The molecule has 19 heavy (non-hydrogen) atoms. The lowest BCUT2D eigenvalue weighted by Gasteiger charge is -2.28. The molecule has 1 unspecified atom stereocenters. The van der Waals surface area contributed by atoms with Crippen molar-refractivity contribution < 1.29 is 4.74 Å². The first kappa shape index (κ1) is 15.3. The van der Waals surface area contributed by atoms with Crippen LogP contribution in [0.4, 0.5) is 0 Å². The Balaban J connectivity index is 1.68. The summed E-state index contributed by atoms with van der Waals surface area (Å²) >= 11 is 0. The molecule has 2 fully saturated rings. The quantitative estimate of drug-likeness (QED) is 0.732. The minimum absolute atomic E-state index is 0.725. The molecule has 0 aromatic carbocycles. The van der Waals surface area contributed by atoms with Crippen LogP contribution < -0.4 is 5.32 Å². The highest BCUT2D eigenvalue weighted by Crippen LogP contribution is 2.26. The Morgan fingerprint density at radius 3 is 2.58 bits per heavy atom. The van der Waals surface area contributed by atoms with Crippen LogP contribution in [0.1, 0.15) is 51.4 Å². The summed E-state index contributed by atoms with van der Waals surface area (Å²) in [6.45, 7) is 5.67. The Morgan fingerprint density at radius 2 is 1.89 bits per heavy atom. The lowest BCUT2D eigenvalue weighted by atomic mass is 9.87. The summed E-state index contributed by atoms with van der Waals surface area (Å²) in [4.78, 5) is 2.63. The average molecular weight is 268 g/mol. The zero-order chi connectivity index (χ0) is 13.3. The van der Waals surface area contributed by atoms with Crippen LogP contribution >= 0.6 is 0 Å². The van der Waals surface area contributed by atoms with E-state index in [4.69, 9.17) is 4.74 Å². The summed E-state index contributed by atoms with van der Waals surface area (Å²) in [5.41, 5.74) is 0. The Morgan fingerprint density at radius 1 is 1.05 bits per heavy atom. The summed E-state index contributed by atoms with van der Waals surface area (Å²) in [7, 11) is 1.81. The van der Waals surface area contributed by atoms with Crippen molar-refractivity contribution in [2.45, 2.75) is 57.4 Å². The summed E-state index contributed by atoms with van der Waals surface area (Å²) in [6.07, 6.45) is 11.4. The molecule has 1 aliphatic carbocycles. The minimum atomic E-state index is 0.725. The van der Waals surface area contributed by atoms with Crippen molar-refractivity contribution in [3.8, 4) is 0 Å². The second-order valence-electron chi connectivity index (χ2n) is 6.38. The zero-order valence-electron chi connectivity index (χ0n) is 12.7. The zero-order valence-corrected chi connectivity index (χ0v) is 12.7. The smallest absolute Gasteiger partial charge is 0.0589 e. The second kappa shape index (κ2) is 8.93. The molecule has 2 aliphatic rings. The van der Waals surface area contributed by atoms with Crippen LogP contribution in [0.15, 0.2) is 0 Å². The van der Waals surface area contributed by atoms with E-state index >= 15 is 0 Å².